The third kappa shape index (κ3) is 7.87. The first kappa shape index (κ1) is 34.7. The van der Waals surface area contributed by atoms with Crippen LogP contribution in [0, 0.1) is 0 Å². The van der Waals surface area contributed by atoms with Gasteiger partial charge < -0.3 is 0 Å². The molecule has 0 heterocycles. The maximum absolute atomic E-state index is 2.40. The first-order chi connectivity index (χ1) is 26.3. The second-order valence-corrected chi connectivity index (χ2v) is 17.7. The fourth-order valence-corrected chi connectivity index (χ4v) is 13.1. The molecule has 0 saturated carbocycles. The van der Waals surface area contributed by atoms with E-state index in [1.165, 1.54) is 65.7 Å². The van der Waals surface area contributed by atoms with Crippen LogP contribution in [0.4, 0.5) is 0 Å². The molecule has 0 bridgehead atoms. The molecule has 0 N–H and O–H groups in total. The van der Waals surface area contributed by atoms with Gasteiger partial charge in [0.05, 0.1) is 0 Å². The summed E-state index contributed by atoms with van der Waals surface area (Å²) >= 11 is 0. The van der Waals surface area contributed by atoms with Crippen LogP contribution in [0.15, 0.2) is 218 Å². The van der Waals surface area contributed by atoms with E-state index in [1.807, 2.05) is 0 Å². The zero-order valence-electron chi connectivity index (χ0n) is 29.8. The number of benzene rings is 8. The zero-order chi connectivity index (χ0) is 35.7. The molecule has 0 nitrogen and oxygen atoms in total. The molecule has 8 aromatic carbocycles. The molecule has 0 radical (unpaired) electrons. The maximum atomic E-state index is 2.40. The highest BCUT2D eigenvalue weighted by Crippen LogP contribution is 2.46. The highest BCUT2D eigenvalue weighted by Gasteiger charge is 2.25. The van der Waals surface area contributed by atoms with E-state index in [2.05, 4.69) is 218 Å². The number of hydrogen-bond acceptors (Lipinski definition) is 0. The molecule has 0 spiro atoms. The van der Waals surface area contributed by atoms with Gasteiger partial charge in [-0.25, -0.2) is 0 Å². The molecule has 0 saturated heterocycles. The van der Waals surface area contributed by atoms with Crippen molar-refractivity contribution in [3.05, 3.63) is 218 Å². The van der Waals surface area contributed by atoms with Gasteiger partial charge in [-0.15, -0.1) is 0 Å². The predicted octanol–water partition coefficient (Wildman–Crippen LogP) is 12.3. The molecule has 8 aromatic rings. The quantitative estimate of drug-likeness (QED) is 0.110. The van der Waals surface area contributed by atoms with Gasteiger partial charge in [0.15, 0.2) is 0 Å². The van der Waals surface area contributed by atoms with Crippen molar-refractivity contribution in [3.8, 4) is 44.5 Å². The maximum Gasteiger partial charge on any atom is -0.0104 e. The summed E-state index contributed by atoms with van der Waals surface area (Å²) in [6.45, 7) is 0. The molecule has 0 amide bonds. The Labute approximate surface area is 317 Å². The lowest BCUT2D eigenvalue weighted by molar-refractivity contribution is 1.11. The minimum absolute atomic E-state index is 0.701. The van der Waals surface area contributed by atoms with Crippen molar-refractivity contribution >= 4 is 37.1 Å². The highest BCUT2D eigenvalue weighted by molar-refractivity contribution is 7.74. The smallest absolute Gasteiger partial charge is 0.0104 e. The summed E-state index contributed by atoms with van der Waals surface area (Å²) in [5.41, 5.74) is 10.5. The highest BCUT2D eigenvalue weighted by atomic mass is 31.1. The SMILES string of the molecule is c1ccc(-c2ccccc2P(CCCP(c2ccccc2-c2ccccc2)c2ccccc2-c2ccccc2)c2ccccc2-c2ccccc2)cc1. The second kappa shape index (κ2) is 17.0. The second-order valence-electron chi connectivity index (χ2n) is 13.2. The number of hydrogen-bond donors (Lipinski definition) is 0. The first-order valence-electron chi connectivity index (χ1n) is 18.5. The standard InChI is InChI=1S/C51H42P2/c1-5-22-40(23-6-1)44-30-13-17-34-48(44)52(49-35-18-14-31-45(49)41-24-7-2-8-25-41)38-21-39-53(50-36-19-15-32-46(50)42-26-9-3-10-27-42)51-37-20-16-33-47(51)43-28-11-4-12-29-43/h1-20,22-37H,21,38-39H2. The van der Waals surface area contributed by atoms with Crippen LogP contribution in [0.25, 0.3) is 44.5 Å². The van der Waals surface area contributed by atoms with E-state index in [9.17, 15) is 0 Å². The Morgan fingerprint density at radius 3 is 0.679 bits per heavy atom. The van der Waals surface area contributed by atoms with Gasteiger partial charge in [-0.1, -0.05) is 218 Å². The third-order valence-electron chi connectivity index (χ3n) is 9.88. The van der Waals surface area contributed by atoms with Crippen LogP contribution in [0.1, 0.15) is 6.42 Å². The van der Waals surface area contributed by atoms with E-state index in [-0.39, 0.29) is 0 Å². The molecule has 0 aliphatic rings. The van der Waals surface area contributed by atoms with Crippen LogP contribution in [-0.2, 0) is 0 Å². The normalized spacial score (nSPS) is 11.2. The molecule has 2 heteroatoms. The Bertz CT molecular complexity index is 2030. The lowest BCUT2D eigenvalue weighted by atomic mass is 10.1. The van der Waals surface area contributed by atoms with Gasteiger partial charge in [-0.3, -0.25) is 0 Å². The van der Waals surface area contributed by atoms with Crippen LogP contribution in [0.3, 0.4) is 0 Å². The number of rotatable bonds is 12. The van der Waals surface area contributed by atoms with E-state index in [4.69, 9.17) is 0 Å². The Morgan fingerprint density at radius 1 is 0.226 bits per heavy atom. The lowest BCUT2D eigenvalue weighted by Gasteiger charge is -2.27. The summed E-state index contributed by atoms with van der Waals surface area (Å²) in [5.74, 6) is 0. The lowest BCUT2D eigenvalue weighted by Crippen LogP contribution is -2.21. The minimum Gasteiger partial charge on any atom is -0.0622 e. The fraction of sp³-hybridized carbons (Fsp3) is 0.0588. The molecule has 8 rings (SSSR count). The average molecular weight is 717 g/mol. The first-order valence-corrected chi connectivity index (χ1v) is 21.5. The van der Waals surface area contributed by atoms with Crippen LogP contribution in [0.5, 0.6) is 0 Å². The topological polar surface area (TPSA) is 0 Å². The zero-order valence-corrected chi connectivity index (χ0v) is 31.6. The minimum atomic E-state index is -0.701. The Kier molecular flexibility index (Phi) is 11.1. The van der Waals surface area contributed by atoms with Gasteiger partial charge in [-0.05, 0) is 100 Å². The van der Waals surface area contributed by atoms with E-state index < -0.39 is 15.8 Å². The molecule has 256 valence electrons. The van der Waals surface area contributed by atoms with Crippen molar-refractivity contribution in [2.24, 2.45) is 0 Å². The molecule has 0 fully saturated rings. The van der Waals surface area contributed by atoms with Gasteiger partial charge in [0.2, 0.25) is 0 Å². The van der Waals surface area contributed by atoms with Gasteiger partial charge >= 0.3 is 0 Å². The molecule has 0 aliphatic heterocycles. The Morgan fingerprint density at radius 2 is 0.434 bits per heavy atom. The van der Waals surface area contributed by atoms with Gasteiger partial charge in [-0.2, -0.15) is 0 Å². The molecule has 0 atom stereocenters. The summed E-state index contributed by atoms with van der Waals surface area (Å²) in [6, 6.07) is 80.4. The molecule has 0 aromatic heterocycles. The molecule has 0 aliphatic carbocycles. The van der Waals surface area contributed by atoms with Crippen LogP contribution in [-0.4, -0.2) is 12.3 Å². The average Bonchev–Trinajstić information content (AvgIpc) is 3.25. The predicted molar refractivity (Wildman–Crippen MR) is 234 cm³/mol. The van der Waals surface area contributed by atoms with Crippen LogP contribution in [0.2, 0.25) is 0 Å². The monoisotopic (exact) mass is 716 g/mol. The van der Waals surface area contributed by atoms with Gasteiger partial charge in [0, 0.05) is 0 Å². The van der Waals surface area contributed by atoms with Crippen molar-refractivity contribution < 1.29 is 0 Å². The summed E-state index contributed by atoms with van der Waals surface area (Å²) in [5, 5.41) is 5.82. The van der Waals surface area contributed by atoms with Crippen molar-refractivity contribution in [1.29, 1.82) is 0 Å². The largest absolute Gasteiger partial charge is 0.0622 e. The van der Waals surface area contributed by atoms with E-state index >= 15 is 0 Å². The van der Waals surface area contributed by atoms with Crippen molar-refractivity contribution in [2.75, 3.05) is 12.3 Å². The van der Waals surface area contributed by atoms with E-state index in [1.54, 1.807) is 0 Å². The van der Waals surface area contributed by atoms with Gasteiger partial charge in [0.25, 0.3) is 0 Å². The molecule has 53 heavy (non-hydrogen) atoms. The van der Waals surface area contributed by atoms with E-state index in [0.29, 0.717) is 0 Å². The summed E-state index contributed by atoms with van der Waals surface area (Å²) in [7, 11) is -1.40. The van der Waals surface area contributed by atoms with Crippen LogP contribution < -0.4 is 21.2 Å². The third-order valence-corrected chi connectivity index (χ3v) is 15.3. The van der Waals surface area contributed by atoms with Crippen molar-refractivity contribution in [3.63, 3.8) is 0 Å². The molecular formula is C51H42P2. The van der Waals surface area contributed by atoms with Crippen molar-refractivity contribution in [1.82, 2.24) is 0 Å². The fourth-order valence-electron chi connectivity index (χ4n) is 7.41. The Balaban J connectivity index is 1.23. The van der Waals surface area contributed by atoms with Crippen molar-refractivity contribution in [2.45, 2.75) is 6.42 Å². The summed E-state index contributed by atoms with van der Waals surface area (Å²) in [4.78, 5) is 0. The Hall–Kier alpha value is -5.38. The molecule has 0 unspecified atom stereocenters. The van der Waals surface area contributed by atoms with E-state index in [0.717, 1.165) is 18.7 Å². The van der Waals surface area contributed by atoms with Crippen LogP contribution >= 0.6 is 15.8 Å². The molecular weight excluding hydrogens is 675 g/mol. The van der Waals surface area contributed by atoms with Gasteiger partial charge in [0.1, 0.15) is 0 Å². The summed E-state index contributed by atoms with van der Waals surface area (Å²) < 4.78 is 0. The summed E-state index contributed by atoms with van der Waals surface area (Å²) in [6.07, 6.45) is 3.31.